The van der Waals surface area contributed by atoms with E-state index >= 15 is 0 Å². The van der Waals surface area contributed by atoms with E-state index in [0.29, 0.717) is 53.9 Å². The summed E-state index contributed by atoms with van der Waals surface area (Å²) < 4.78 is 30.3. The Kier molecular flexibility index (Phi) is 21.0. The highest BCUT2D eigenvalue weighted by molar-refractivity contribution is 5.99. The van der Waals surface area contributed by atoms with E-state index in [1.54, 1.807) is 27.2 Å². The lowest BCUT2D eigenvalue weighted by Crippen LogP contribution is -2.44. The molecule has 368 valence electrons. The Bertz CT molecular complexity index is 2180. The predicted molar refractivity (Wildman–Crippen MR) is 266 cm³/mol. The SMILES string of the molecule is C=C(C)Oc1ccc(CCC(=O)CC(=O)CCc2ccc(C3Cc4c(C)c(OC(=O)CCC(=O)O)c(C)c(C)c4OC3(C)CCCC(C)CCCC(C)CCCC(C)C)c(OC)c2)cc1OC. The molecule has 0 saturated heterocycles. The van der Waals surface area contributed by atoms with Crippen LogP contribution in [-0.4, -0.2) is 48.4 Å². The Balaban J connectivity index is 1.50. The van der Waals surface area contributed by atoms with E-state index in [-0.39, 0.29) is 49.6 Å². The van der Waals surface area contributed by atoms with Gasteiger partial charge in [0.2, 0.25) is 0 Å². The number of hydrogen-bond donors (Lipinski definition) is 1. The second-order valence-corrected chi connectivity index (χ2v) is 20.0. The van der Waals surface area contributed by atoms with Crippen molar-refractivity contribution in [3.63, 3.8) is 0 Å². The van der Waals surface area contributed by atoms with Gasteiger partial charge in [-0.25, -0.2) is 0 Å². The summed E-state index contributed by atoms with van der Waals surface area (Å²) in [6.45, 7) is 23.0. The van der Waals surface area contributed by atoms with Crippen LogP contribution in [0, 0.1) is 38.5 Å². The van der Waals surface area contributed by atoms with Gasteiger partial charge in [0.1, 0.15) is 34.4 Å². The van der Waals surface area contributed by atoms with E-state index in [1.807, 2.05) is 45.0 Å². The summed E-state index contributed by atoms with van der Waals surface area (Å²) in [6.07, 6.45) is 12.0. The van der Waals surface area contributed by atoms with Crippen molar-refractivity contribution in [2.75, 3.05) is 14.2 Å². The van der Waals surface area contributed by atoms with Crippen LogP contribution >= 0.6 is 0 Å². The quantitative estimate of drug-likeness (QED) is 0.0310. The van der Waals surface area contributed by atoms with Gasteiger partial charge in [-0.3, -0.25) is 19.2 Å². The minimum absolute atomic E-state index is 0.105. The Morgan fingerprint density at radius 1 is 0.731 bits per heavy atom. The molecule has 0 spiro atoms. The van der Waals surface area contributed by atoms with E-state index in [9.17, 15) is 24.3 Å². The van der Waals surface area contributed by atoms with Crippen LogP contribution in [0.1, 0.15) is 176 Å². The number of aryl methyl sites for hydroxylation is 2. The van der Waals surface area contributed by atoms with Gasteiger partial charge >= 0.3 is 11.9 Å². The lowest BCUT2D eigenvalue weighted by Gasteiger charge is -2.45. The van der Waals surface area contributed by atoms with Crippen molar-refractivity contribution in [3.8, 4) is 28.7 Å². The Morgan fingerprint density at radius 3 is 1.87 bits per heavy atom. The fourth-order valence-corrected chi connectivity index (χ4v) is 9.54. The molecule has 1 aliphatic rings. The molecule has 4 rings (SSSR count). The fourth-order valence-electron chi connectivity index (χ4n) is 9.54. The molecule has 0 saturated carbocycles. The predicted octanol–water partition coefficient (Wildman–Crippen LogP) is 13.3. The number of ketones is 2. The monoisotopic (exact) mass is 925 g/mol. The van der Waals surface area contributed by atoms with Crippen molar-refractivity contribution in [2.45, 2.75) is 183 Å². The third kappa shape index (κ3) is 16.3. The van der Waals surface area contributed by atoms with Crippen LogP contribution in [0.5, 0.6) is 28.7 Å². The average Bonchev–Trinajstić information content (AvgIpc) is 3.27. The van der Waals surface area contributed by atoms with Crippen LogP contribution < -0.4 is 23.7 Å². The van der Waals surface area contributed by atoms with Crippen molar-refractivity contribution in [1.82, 2.24) is 0 Å². The number of carboxylic acids is 1. The molecular formula is C57H80O10. The molecule has 0 radical (unpaired) electrons. The number of rotatable bonds is 29. The first kappa shape index (κ1) is 54.5. The highest BCUT2D eigenvalue weighted by Crippen LogP contribution is 2.52. The van der Waals surface area contributed by atoms with Gasteiger partial charge in [-0.05, 0) is 130 Å². The number of esters is 1. The highest BCUT2D eigenvalue weighted by Gasteiger charge is 2.44. The molecule has 0 aromatic heterocycles. The minimum Gasteiger partial charge on any atom is -0.496 e. The first-order valence-electron chi connectivity index (χ1n) is 24.7. The largest absolute Gasteiger partial charge is 0.496 e. The number of carboxylic acid groups (broad SMARTS) is 1. The zero-order chi connectivity index (χ0) is 49.4. The number of Topliss-reactive ketones (excluding diaryl/α,β-unsaturated/α-hetero) is 2. The van der Waals surface area contributed by atoms with Gasteiger partial charge in [0, 0.05) is 29.9 Å². The van der Waals surface area contributed by atoms with E-state index < -0.39 is 17.5 Å². The molecule has 0 bridgehead atoms. The fraction of sp³-hybridized carbons (Fsp3) is 0.579. The molecule has 4 unspecified atom stereocenters. The van der Waals surface area contributed by atoms with Gasteiger partial charge in [-0.1, -0.05) is 97.4 Å². The average molecular weight is 925 g/mol. The van der Waals surface area contributed by atoms with Crippen molar-refractivity contribution >= 4 is 23.5 Å². The zero-order valence-electron chi connectivity index (χ0n) is 42.6. The number of hydrogen-bond acceptors (Lipinski definition) is 9. The number of ether oxygens (including phenoxy) is 5. The number of benzene rings is 3. The lowest BCUT2D eigenvalue weighted by molar-refractivity contribution is -0.142. The Labute approximate surface area is 401 Å². The molecule has 4 atom stereocenters. The molecule has 0 aliphatic carbocycles. The van der Waals surface area contributed by atoms with Gasteiger partial charge in [-0.2, -0.15) is 0 Å². The second kappa shape index (κ2) is 25.9. The molecule has 0 amide bonds. The molecule has 1 aliphatic heterocycles. The first-order valence-corrected chi connectivity index (χ1v) is 24.7. The maximum absolute atomic E-state index is 13.1. The van der Waals surface area contributed by atoms with Crippen LogP contribution in [0.2, 0.25) is 0 Å². The third-order valence-electron chi connectivity index (χ3n) is 13.8. The Hall–Kier alpha value is -5.12. The van der Waals surface area contributed by atoms with E-state index in [1.165, 1.54) is 38.5 Å². The van der Waals surface area contributed by atoms with E-state index in [4.69, 9.17) is 23.7 Å². The summed E-state index contributed by atoms with van der Waals surface area (Å²) in [6, 6.07) is 11.7. The van der Waals surface area contributed by atoms with Crippen LogP contribution in [0.25, 0.3) is 0 Å². The van der Waals surface area contributed by atoms with Gasteiger partial charge in [0.25, 0.3) is 0 Å². The molecular weight excluding hydrogens is 845 g/mol. The number of carbonyl (C=O) groups is 4. The second-order valence-electron chi connectivity index (χ2n) is 20.0. The van der Waals surface area contributed by atoms with Crippen LogP contribution in [0.4, 0.5) is 0 Å². The van der Waals surface area contributed by atoms with Crippen molar-refractivity contribution in [3.05, 3.63) is 87.7 Å². The van der Waals surface area contributed by atoms with Crippen LogP contribution in [0.3, 0.4) is 0 Å². The molecule has 67 heavy (non-hydrogen) atoms. The van der Waals surface area contributed by atoms with Crippen LogP contribution in [-0.2, 0) is 38.4 Å². The third-order valence-corrected chi connectivity index (χ3v) is 13.8. The van der Waals surface area contributed by atoms with Gasteiger partial charge < -0.3 is 28.8 Å². The summed E-state index contributed by atoms with van der Waals surface area (Å²) in [5, 5.41) is 9.18. The molecule has 1 N–H and O–H groups in total. The van der Waals surface area contributed by atoms with Crippen molar-refractivity contribution in [1.29, 1.82) is 0 Å². The van der Waals surface area contributed by atoms with Gasteiger partial charge in [0.05, 0.1) is 39.2 Å². The summed E-state index contributed by atoms with van der Waals surface area (Å²) in [7, 11) is 3.23. The number of allylic oxidation sites excluding steroid dienone is 1. The summed E-state index contributed by atoms with van der Waals surface area (Å²) in [4.78, 5) is 50.1. The van der Waals surface area contributed by atoms with Crippen molar-refractivity contribution in [2.24, 2.45) is 17.8 Å². The molecule has 1 heterocycles. The molecule has 3 aromatic rings. The summed E-state index contributed by atoms with van der Waals surface area (Å²) >= 11 is 0. The van der Waals surface area contributed by atoms with Gasteiger partial charge in [0.15, 0.2) is 11.5 Å². The van der Waals surface area contributed by atoms with E-state index in [0.717, 1.165) is 75.8 Å². The molecule has 3 aromatic carbocycles. The Morgan fingerprint density at radius 2 is 1.30 bits per heavy atom. The minimum atomic E-state index is -1.05. The molecule has 10 nitrogen and oxygen atoms in total. The van der Waals surface area contributed by atoms with Crippen molar-refractivity contribution < 1.29 is 48.0 Å². The maximum atomic E-state index is 13.1. The van der Waals surface area contributed by atoms with Crippen LogP contribution in [0.15, 0.2) is 48.7 Å². The number of carbonyl (C=O) groups excluding carboxylic acids is 3. The maximum Gasteiger partial charge on any atom is 0.311 e. The molecule has 10 heteroatoms. The summed E-state index contributed by atoms with van der Waals surface area (Å²) in [5.41, 5.74) is 5.70. The lowest BCUT2D eigenvalue weighted by atomic mass is 9.72. The topological polar surface area (TPSA) is 135 Å². The van der Waals surface area contributed by atoms with Gasteiger partial charge in [-0.15, -0.1) is 0 Å². The number of aliphatic carboxylic acids is 1. The zero-order valence-corrected chi connectivity index (χ0v) is 42.6. The van der Waals surface area contributed by atoms with E-state index in [2.05, 4.69) is 47.3 Å². The standard InChI is InChI=1S/C57H80O10/c1-36(2)16-13-17-38(5)18-14-19-39(6)20-15-31-57(10)49(35-48-42(9)55(40(7)41(8)56(48)67-57)66-54(62)30-29-53(60)61)47-27-23-43(32-51(47)63-11)21-25-45(58)34-46(59)26-22-44-24-28-50(65-37(3)4)52(33-44)64-12/h23-24,27-28,32-33,36,38-39,49H,3,13-22,25-26,29-31,34-35H2,1-2,4-12H3,(H,60,61). The highest BCUT2D eigenvalue weighted by atomic mass is 16.5. The summed E-state index contributed by atoms with van der Waals surface area (Å²) in [5.74, 6) is 3.78. The smallest absolute Gasteiger partial charge is 0.311 e. The number of fused-ring (bicyclic) bond motifs is 1. The number of methoxy groups -OCH3 is 2. The molecule has 0 fully saturated rings. The first-order chi connectivity index (χ1) is 31.7. The normalized spacial score (nSPS) is 16.4.